The van der Waals surface area contributed by atoms with Gasteiger partial charge in [0.1, 0.15) is 17.5 Å². The molecule has 0 fully saturated rings. The van der Waals surface area contributed by atoms with Gasteiger partial charge in [-0.05, 0) is 36.2 Å². The minimum absolute atomic E-state index is 0.116. The first-order valence-corrected chi connectivity index (χ1v) is 9.86. The second-order valence-corrected chi connectivity index (χ2v) is 7.16. The average Bonchev–Trinajstić information content (AvgIpc) is 2.79. The van der Waals surface area contributed by atoms with E-state index < -0.39 is 6.04 Å². The van der Waals surface area contributed by atoms with Crippen LogP contribution in [0.1, 0.15) is 29.8 Å². The summed E-state index contributed by atoms with van der Waals surface area (Å²) in [5.41, 5.74) is 1.17. The Morgan fingerprint density at radius 1 is 0.839 bits per heavy atom. The van der Waals surface area contributed by atoms with E-state index in [-0.39, 0.29) is 24.3 Å². The summed E-state index contributed by atoms with van der Waals surface area (Å²) in [6.07, 6.45) is 0. The van der Waals surface area contributed by atoms with Crippen molar-refractivity contribution < 1.29 is 28.5 Å². The standard InChI is InChI=1S/C23H30N2O6/c1-14(2)21(25-22(26)15-7-9-17(28-3)10-8-15)23(27)24-13-16-11-19(30-5)20(31-6)12-18(16)29-4/h7-12,14,21H,13H2,1-6H3,(H,24,27)(H,25,26). The van der Waals surface area contributed by atoms with E-state index in [1.54, 1.807) is 50.6 Å². The second kappa shape index (κ2) is 11.1. The van der Waals surface area contributed by atoms with Crippen molar-refractivity contribution in [1.82, 2.24) is 10.6 Å². The molecule has 2 aromatic carbocycles. The number of ether oxygens (including phenoxy) is 4. The molecule has 0 aliphatic carbocycles. The van der Waals surface area contributed by atoms with E-state index in [9.17, 15) is 9.59 Å². The molecule has 2 N–H and O–H groups in total. The number of nitrogens with one attached hydrogen (secondary N) is 2. The van der Waals surface area contributed by atoms with E-state index in [2.05, 4.69) is 10.6 Å². The SMILES string of the molecule is COc1ccc(C(=O)NC(C(=O)NCc2cc(OC)c(OC)cc2OC)C(C)C)cc1. The van der Waals surface area contributed by atoms with Crippen LogP contribution in [0.2, 0.25) is 0 Å². The van der Waals surface area contributed by atoms with Crippen LogP contribution in [0.3, 0.4) is 0 Å². The molecule has 1 atom stereocenters. The van der Waals surface area contributed by atoms with Gasteiger partial charge in [-0.15, -0.1) is 0 Å². The zero-order valence-corrected chi connectivity index (χ0v) is 18.8. The Morgan fingerprint density at radius 2 is 1.42 bits per heavy atom. The molecule has 8 nitrogen and oxygen atoms in total. The maximum absolute atomic E-state index is 12.9. The minimum Gasteiger partial charge on any atom is -0.497 e. The Balaban J connectivity index is 2.11. The highest BCUT2D eigenvalue weighted by Gasteiger charge is 2.25. The van der Waals surface area contributed by atoms with E-state index in [1.165, 1.54) is 14.2 Å². The summed E-state index contributed by atoms with van der Waals surface area (Å²) in [5.74, 6) is 1.52. The van der Waals surface area contributed by atoms with E-state index in [4.69, 9.17) is 18.9 Å². The third-order valence-electron chi connectivity index (χ3n) is 4.83. The first-order chi connectivity index (χ1) is 14.8. The van der Waals surface area contributed by atoms with Crippen molar-refractivity contribution in [3.63, 3.8) is 0 Å². The lowest BCUT2D eigenvalue weighted by molar-refractivity contribution is -0.124. The van der Waals surface area contributed by atoms with Gasteiger partial charge in [-0.25, -0.2) is 0 Å². The fourth-order valence-electron chi connectivity index (χ4n) is 3.02. The van der Waals surface area contributed by atoms with E-state index >= 15 is 0 Å². The Morgan fingerprint density at radius 3 is 1.94 bits per heavy atom. The molecule has 0 saturated carbocycles. The molecule has 2 aromatic rings. The number of carbonyl (C=O) groups excluding carboxylic acids is 2. The van der Waals surface area contributed by atoms with Gasteiger partial charge in [-0.2, -0.15) is 0 Å². The summed E-state index contributed by atoms with van der Waals surface area (Å²) in [5, 5.41) is 5.68. The lowest BCUT2D eigenvalue weighted by atomic mass is 10.0. The molecule has 0 bridgehead atoms. The van der Waals surface area contributed by atoms with Gasteiger partial charge in [0.15, 0.2) is 11.5 Å². The van der Waals surface area contributed by atoms with Crippen LogP contribution >= 0.6 is 0 Å². The number of carbonyl (C=O) groups is 2. The van der Waals surface area contributed by atoms with Crippen molar-refractivity contribution in [1.29, 1.82) is 0 Å². The van der Waals surface area contributed by atoms with Crippen molar-refractivity contribution in [3.8, 4) is 23.0 Å². The van der Waals surface area contributed by atoms with Crippen LogP contribution in [0.5, 0.6) is 23.0 Å². The third kappa shape index (κ3) is 6.04. The highest BCUT2D eigenvalue weighted by Crippen LogP contribution is 2.34. The molecule has 2 rings (SSSR count). The first kappa shape index (κ1) is 23.9. The summed E-state index contributed by atoms with van der Waals surface area (Å²) in [6.45, 7) is 3.94. The van der Waals surface area contributed by atoms with Gasteiger partial charge < -0.3 is 29.6 Å². The summed E-state index contributed by atoms with van der Waals surface area (Å²) in [4.78, 5) is 25.5. The van der Waals surface area contributed by atoms with Crippen LogP contribution in [0.4, 0.5) is 0 Å². The molecule has 8 heteroatoms. The van der Waals surface area contributed by atoms with Gasteiger partial charge in [0, 0.05) is 23.7 Å². The number of hydrogen-bond acceptors (Lipinski definition) is 6. The normalized spacial score (nSPS) is 11.5. The molecular weight excluding hydrogens is 400 g/mol. The van der Waals surface area contributed by atoms with Crippen LogP contribution in [-0.4, -0.2) is 46.3 Å². The van der Waals surface area contributed by atoms with E-state index in [0.29, 0.717) is 28.6 Å². The van der Waals surface area contributed by atoms with Crippen LogP contribution in [0.15, 0.2) is 36.4 Å². The number of methoxy groups -OCH3 is 4. The molecule has 168 valence electrons. The van der Waals surface area contributed by atoms with Crippen molar-refractivity contribution in [2.45, 2.75) is 26.4 Å². The summed E-state index contributed by atoms with van der Waals surface area (Å²) >= 11 is 0. The van der Waals surface area contributed by atoms with Crippen LogP contribution in [0.25, 0.3) is 0 Å². The maximum atomic E-state index is 12.9. The molecule has 31 heavy (non-hydrogen) atoms. The highest BCUT2D eigenvalue weighted by atomic mass is 16.5. The average molecular weight is 431 g/mol. The molecule has 0 heterocycles. The Hall–Kier alpha value is -3.42. The van der Waals surface area contributed by atoms with Gasteiger partial charge in [-0.1, -0.05) is 13.8 Å². The Bertz CT molecular complexity index is 896. The highest BCUT2D eigenvalue weighted by molar-refractivity contribution is 5.97. The molecule has 0 aliphatic rings. The first-order valence-electron chi connectivity index (χ1n) is 9.86. The Kier molecular flexibility index (Phi) is 8.54. The minimum atomic E-state index is -0.708. The van der Waals surface area contributed by atoms with Crippen molar-refractivity contribution in [2.24, 2.45) is 5.92 Å². The quantitative estimate of drug-likeness (QED) is 0.602. The van der Waals surface area contributed by atoms with E-state index in [0.717, 1.165) is 5.56 Å². The topological polar surface area (TPSA) is 95.1 Å². The molecule has 0 aromatic heterocycles. The number of rotatable bonds is 10. The number of amides is 2. The maximum Gasteiger partial charge on any atom is 0.251 e. The summed E-state index contributed by atoms with van der Waals surface area (Å²) in [6, 6.07) is 9.44. The molecule has 0 spiro atoms. The summed E-state index contributed by atoms with van der Waals surface area (Å²) < 4.78 is 21.1. The second-order valence-electron chi connectivity index (χ2n) is 7.16. The van der Waals surface area contributed by atoms with Crippen molar-refractivity contribution in [2.75, 3.05) is 28.4 Å². The Labute approximate surface area is 182 Å². The number of hydrogen-bond donors (Lipinski definition) is 2. The van der Waals surface area contributed by atoms with Crippen LogP contribution in [-0.2, 0) is 11.3 Å². The van der Waals surface area contributed by atoms with Gasteiger partial charge >= 0.3 is 0 Å². The molecule has 0 radical (unpaired) electrons. The largest absolute Gasteiger partial charge is 0.497 e. The van der Waals surface area contributed by atoms with Gasteiger partial charge in [0.2, 0.25) is 5.91 Å². The molecule has 0 aliphatic heterocycles. The van der Waals surface area contributed by atoms with Gasteiger partial charge in [-0.3, -0.25) is 9.59 Å². The predicted octanol–water partition coefficient (Wildman–Crippen LogP) is 2.79. The molecular formula is C23H30N2O6. The van der Waals surface area contributed by atoms with Gasteiger partial charge in [0.05, 0.1) is 28.4 Å². The van der Waals surface area contributed by atoms with Crippen molar-refractivity contribution in [3.05, 3.63) is 47.5 Å². The zero-order chi connectivity index (χ0) is 23.0. The monoisotopic (exact) mass is 430 g/mol. The third-order valence-corrected chi connectivity index (χ3v) is 4.83. The zero-order valence-electron chi connectivity index (χ0n) is 18.8. The molecule has 2 amide bonds. The smallest absolute Gasteiger partial charge is 0.251 e. The number of benzene rings is 2. The fourth-order valence-corrected chi connectivity index (χ4v) is 3.02. The lowest BCUT2D eigenvalue weighted by Crippen LogP contribution is -2.49. The van der Waals surface area contributed by atoms with Crippen LogP contribution in [0, 0.1) is 5.92 Å². The predicted molar refractivity (Wildman–Crippen MR) is 117 cm³/mol. The molecule has 0 saturated heterocycles. The fraction of sp³-hybridized carbons (Fsp3) is 0.391. The van der Waals surface area contributed by atoms with E-state index in [1.807, 2.05) is 13.8 Å². The van der Waals surface area contributed by atoms with Crippen molar-refractivity contribution >= 4 is 11.8 Å². The van der Waals surface area contributed by atoms with Gasteiger partial charge in [0.25, 0.3) is 5.91 Å². The van der Waals surface area contributed by atoms with Crippen LogP contribution < -0.4 is 29.6 Å². The summed E-state index contributed by atoms with van der Waals surface area (Å²) in [7, 11) is 6.17. The molecule has 1 unspecified atom stereocenters. The lowest BCUT2D eigenvalue weighted by Gasteiger charge is -2.22.